The molecular formula is C24H24FN5O3. The Kier molecular flexibility index (Phi) is 5.49. The first-order valence-corrected chi connectivity index (χ1v) is 10.4. The van der Waals surface area contributed by atoms with Gasteiger partial charge in [0.05, 0.1) is 5.69 Å². The highest BCUT2D eigenvalue weighted by atomic mass is 19.1. The zero-order valence-electron chi connectivity index (χ0n) is 18.8. The zero-order valence-corrected chi connectivity index (χ0v) is 18.8. The minimum absolute atomic E-state index is 0.205. The molecule has 1 aliphatic heterocycles. The van der Waals surface area contributed by atoms with E-state index in [1.807, 2.05) is 39.0 Å². The Hall–Kier alpha value is -4.01. The first kappa shape index (κ1) is 22.2. The van der Waals surface area contributed by atoms with Crippen LogP contribution in [0.15, 0.2) is 48.5 Å². The summed E-state index contributed by atoms with van der Waals surface area (Å²) in [5.74, 6) is -1.72. The summed E-state index contributed by atoms with van der Waals surface area (Å²) in [7, 11) is 0. The molecule has 170 valence electrons. The van der Waals surface area contributed by atoms with E-state index < -0.39 is 35.7 Å². The largest absolute Gasteiger partial charge is 0.325 e. The lowest BCUT2D eigenvalue weighted by Gasteiger charge is -2.22. The lowest BCUT2D eigenvalue weighted by atomic mass is 9.91. The lowest BCUT2D eigenvalue weighted by molar-refractivity contribution is -0.133. The van der Waals surface area contributed by atoms with Gasteiger partial charge in [0.15, 0.2) is 5.82 Å². The third-order valence-electron chi connectivity index (χ3n) is 5.67. The topological polar surface area (TPSA) is 96.3 Å². The van der Waals surface area contributed by atoms with Crippen molar-refractivity contribution in [1.29, 1.82) is 0 Å². The number of carbonyl (C=O) groups excluding carboxylic acids is 3. The van der Waals surface area contributed by atoms with Crippen LogP contribution in [0.25, 0.3) is 5.69 Å². The van der Waals surface area contributed by atoms with E-state index >= 15 is 0 Å². The van der Waals surface area contributed by atoms with Crippen LogP contribution in [-0.4, -0.2) is 39.1 Å². The molecule has 8 nitrogen and oxygen atoms in total. The number of imide groups is 1. The fourth-order valence-corrected chi connectivity index (χ4v) is 3.90. The number of urea groups is 1. The van der Waals surface area contributed by atoms with Gasteiger partial charge >= 0.3 is 6.03 Å². The second-order valence-electron chi connectivity index (χ2n) is 8.37. The Labute approximate surface area is 190 Å². The molecule has 1 saturated heterocycles. The quantitative estimate of drug-likeness (QED) is 0.584. The first-order chi connectivity index (χ1) is 15.6. The summed E-state index contributed by atoms with van der Waals surface area (Å²) in [6.07, 6.45) is 0. The molecule has 0 radical (unpaired) electrons. The van der Waals surface area contributed by atoms with Gasteiger partial charge in [0.25, 0.3) is 5.91 Å². The first-order valence-electron chi connectivity index (χ1n) is 10.4. The number of aryl methyl sites for hydroxylation is 3. The molecule has 0 bridgehead atoms. The van der Waals surface area contributed by atoms with Gasteiger partial charge in [-0.15, -0.1) is 0 Å². The molecule has 0 spiro atoms. The van der Waals surface area contributed by atoms with Crippen LogP contribution < -0.4 is 10.6 Å². The number of carbonyl (C=O) groups is 3. The van der Waals surface area contributed by atoms with E-state index in [0.29, 0.717) is 5.56 Å². The highest BCUT2D eigenvalue weighted by Gasteiger charge is 2.49. The zero-order chi connectivity index (χ0) is 23.9. The molecule has 9 heteroatoms. The molecule has 4 rings (SSSR count). The number of hydrogen-bond acceptors (Lipinski definition) is 4. The van der Waals surface area contributed by atoms with Crippen molar-refractivity contribution in [2.45, 2.75) is 33.2 Å². The van der Waals surface area contributed by atoms with Crippen molar-refractivity contribution in [3.05, 3.63) is 76.9 Å². The van der Waals surface area contributed by atoms with Crippen LogP contribution in [0.3, 0.4) is 0 Å². The van der Waals surface area contributed by atoms with Crippen LogP contribution in [0, 0.1) is 26.6 Å². The van der Waals surface area contributed by atoms with E-state index in [1.54, 1.807) is 19.1 Å². The van der Waals surface area contributed by atoms with Crippen LogP contribution in [0.2, 0.25) is 0 Å². The van der Waals surface area contributed by atoms with Gasteiger partial charge in [0.2, 0.25) is 5.91 Å². The maximum Gasteiger partial charge on any atom is 0.325 e. The fraction of sp³-hybridized carbons (Fsp3) is 0.250. The number of benzene rings is 2. The number of rotatable bonds is 5. The average molecular weight is 449 g/mol. The van der Waals surface area contributed by atoms with Gasteiger partial charge in [0, 0.05) is 11.4 Å². The van der Waals surface area contributed by atoms with Crippen molar-refractivity contribution in [3.8, 4) is 5.69 Å². The molecule has 1 atom stereocenters. The Morgan fingerprint density at radius 2 is 1.79 bits per heavy atom. The summed E-state index contributed by atoms with van der Waals surface area (Å²) in [5.41, 5.74) is 2.37. The van der Waals surface area contributed by atoms with Crippen molar-refractivity contribution in [2.75, 3.05) is 11.9 Å². The molecule has 2 N–H and O–H groups in total. The van der Waals surface area contributed by atoms with Crippen LogP contribution >= 0.6 is 0 Å². The molecule has 33 heavy (non-hydrogen) atoms. The minimum atomic E-state index is -1.27. The lowest BCUT2D eigenvalue weighted by Crippen LogP contribution is -2.42. The average Bonchev–Trinajstić information content (AvgIpc) is 3.19. The van der Waals surface area contributed by atoms with Gasteiger partial charge in [-0.05, 0) is 57.5 Å². The maximum absolute atomic E-state index is 14.7. The Morgan fingerprint density at radius 1 is 1.09 bits per heavy atom. The van der Waals surface area contributed by atoms with Crippen LogP contribution in [0.5, 0.6) is 0 Å². The Balaban J connectivity index is 1.47. The number of nitrogens with one attached hydrogen (secondary N) is 2. The summed E-state index contributed by atoms with van der Waals surface area (Å²) in [5, 5.41) is 9.47. The van der Waals surface area contributed by atoms with Crippen LogP contribution in [0.4, 0.5) is 14.9 Å². The molecule has 1 unspecified atom stereocenters. The summed E-state index contributed by atoms with van der Waals surface area (Å²) >= 11 is 0. The second kappa shape index (κ2) is 8.16. The van der Waals surface area contributed by atoms with Crippen LogP contribution in [0.1, 0.15) is 29.4 Å². The molecule has 2 heterocycles. The van der Waals surface area contributed by atoms with Crippen molar-refractivity contribution in [1.82, 2.24) is 20.0 Å². The van der Waals surface area contributed by atoms with E-state index in [2.05, 4.69) is 15.7 Å². The van der Waals surface area contributed by atoms with Gasteiger partial charge < -0.3 is 10.6 Å². The molecule has 4 amide bonds. The summed E-state index contributed by atoms with van der Waals surface area (Å²) in [6.45, 7) is 6.66. The number of amides is 4. The predicted octanol–water partition coefficient (Wildman–Crippen LogP) is 3.34. The van der Waals surface area contributed by atoms with Crippen molar-refractivity contribution in [2.24, 2.45) is 0 Å². The van der Waals surface area contributed by atoms with Gasteiger partial charge in [0.1, 0.15) is 17.8 Å². The molecule has 1 fully saturated rings. The Bertz CT molecular complexity index is 1270. The predicted molar refractivity (Wildman–Crippen MR) is 120 cm³/mol. The van der Waals surface area contributed by atoms with Gasteiger partial charge in [-0.1, -0.05) is 29.8 Å². The van der Waals surface area contributed by atoms with E-state index in [-0.39, 0.29) is 11.4 Å². The summed E-state index contributed by atoms with van der Waals surface area (Å²) in [6, 6.07) is 12.6. The number of nitrogens with zero attached hydrogens (tertiary/aromatic N) is 3. The standard InChI is InChI=1S/C24H24FN5O3/c1-14-5-7-17(8-6-14)24(4)22(32)29(23(33)27-24)13-21(31)26-18-9-10-20(19(25)12-18)30-16(3)11-15(2)28-30/h5-12H,13H2,1-4H3,(H,26,31)(H,27,33). The second-order valence-corrected chi connectivity index (χ2v) is 8.37. The van der Waals surface area contributed by atoms with Crippen molar-refractivity contribution in [3.63, 3.8) is 0 Å². The van der Waals surface area contributed by atoms with Gasteiger partial charge in [-0.25, -0.2) is 13.9 Å². The van der Waals surface area contributed by atoms with E-state index in [1.165, 1.54) is 22.9 Å². The monoisotopic (exact) mass is 449 g/mol. The number of anilines is 1. The summed E-state index contributed by atoms with van der Waals surface area (Å²) < 4.78 is 16.2. The van der Waals surface area contributed by atoms with Gasteiger partial charge in [-0.3, -0.25) is 14.5 Å². The molecule has 1 aromatic heterocycles. The normalized spacial score (nSPS) is 17.9. The SMILES string of the molecule is Cc1ccc(C2(C)NC(=O)N(CC(=O)Nc3ccc(-n4nc(C)cc4C)c(F)c3)C2=O)cc1. The molecule has 0 saturated carbocycles. The van der Waals surface area contributed by atoms with Gasteiger partial charge in [-0.2, -0.15) is 5.10 Å². The highest BCUT2D eigenvalue weighted by molar-refractivity contribution is 6.10. The smallest absolute Gasteiger partial charge is 0.324 e. The van der Waals surface area contributed by atoms with E-state index in [9.17, 15) is 18.8 Å². The third kappa shape index (κ3) is 4.09. The maximum atomic E-state index is 14.7. The number of aromatic nitrogens is 2. The molecule has 3 aromatic rings. The van der Waals surface area contributed by atoms with Crippen LogP contribution in [-0.2, 0) is 15.1 Å². The molecular weight excluding hydrogens is 425 g/mol. The molecule has 1 aliphatic rings. The van der Waals surface area contributed by atoms with Crippen molar-refractivity contribution < 1.29 is 18.8 Å². The minimum Gasteiger partial charge on any atom is -0.324 e. The summed E-state index contributed by atoms with van der Waals surface area (Å²) in [4.78, 5) is 38.9. The molecule has 0 aliphatic carbocycles. The van der Waals surface area contributed by atoms with E-state index in [0.717, 1.165) is 21.9 Å². The van der Waals surface area contributed by atoms with Crippen molar-refractivity contribution >= 4 is 23.5 Å². The third-order valence-corrected chi connectivity index (χ3v) is 5.67. The molecule has 2 aromatic carbocycles. The van der Waals surface area contributed by atoms with E-state index in [4.69, 9.17) is 0 Å². The number of halogens is 1. The number of hydrogen-bond donors (Lipinski definition) is 2. The fourth-order valence-electron chi connectivity index (χ4n) is 3.90. The Morgan fingerprint density at radius 3 is 2.39 bits per heavy atom. The highest BCUT2D eigenvalue weighted by Crippen LogP contribution is 2.29.